The van der Waals surface area contributed by atoms with Crippen LogP contribution in [-0.4, -0.2) is 78.7 Å². The molecule has 7 nitrogen and oxygen atoms in total. The number of carbonyl (C=O) groups is 2. The lowest BCUT2D eigenvalue weighted by atomic mass is 10.0. The molecular weight excluding hydrogens is 405 g/mol. The van der Waals surface area contributed by atoms with Crippen LogP contribution in [0.2, 0.25) is 5.02 Å². The quantitative estimate of drug-likeness (QED) is 0.550. The Morgan fingerprint density at radius 2 is 1.93 bits per heavy atom. The summed E-state index contributed by atoms with van der Waals surface area (Å²) < 4.78 is 5.55. The maximum Gasteiger partial charge on any atom is 0.317 e. The Hall–Kier alpha value is -1.54. The Bertz CT molecular complexity index is 608. The second kappa shape index (κ2) is 12.8. The highest BCUT2D eigenvalue weighted by atomic mass is 35.5. The van der Waals surface area contributed by atoms with Crippen LogP contribution in [0.3, 0.4) is 0 Å². The summed E-state index contributed by atoms with van der Waals surface area (Å²) in [7, 11) is 0. The number of likely N-dealkylation sites (N-methyl/N-ethyl adjacent to an activating group) is 1. The molecule has 0 spiro atoms. The molecule has 1 aliphatic heterocycles. The fraction of sp³-hybridized carbons (Fsp3) is 0.579. The summed E-state index contributed by atoms with van der Waals surface area (Å²) in [6.45, 7) is 5.59. The maximum absolute atomic E-state index is 12.1. The van der Waals surface area contributed by atoms with Gasteiger partial charge in [-0.2, -0.15) is 0 Å². The molecule has 1 aromatic carbocycles. The van der Waals surface area contributed by atoms with Gasteiger partial charge in [-0.25, -0.2) is 0 Å². The standard InChI is InChI=1S/C19H28ClN3O4.ClH/c1-2-23(14-19(25)26)16-7-10-22(11-8-16)13-18(24)21-9-12-27-17-5-3-15(20)4-6-17;/h3-6,16H,2,7-14H2,1H3,(H,21,24)(H,25,26);1H. The molecule has 1 heterocycles. The van der Waals surface area contributed by atoms with Gasteiger partial charge in [-0.3, -0.25) is 19.4 Å². The highest BCUT2D eigenvalue weighted by Gasteiger charge is 2.25. The number of rotatable bonds is 10. The molecule has 1 aliphatic rings. The van der Waals surface area contributed by atoms with Crippen molar-refractivity contribution < 1.29 is 19.4 Å². The van der Waals surface area contributed by atoms with Crippen LogP contribution < -0.4 is 10.1 Å². The summed E-state index contributed by atoms with van der Waals surface area (Å²) in [5.74, 6) is -0.0944. The van der Waals surface area contributed by atoms with Gasteiger partial charge in [-0.1, -0.05) is 18.5 Å². The van der Waals surface area contributed by atoms with Crippen molar-refractivity contribution in [2.24, 2.45) is 0 Å². The minimum atomic E-state index is -0.792. The smallest absolute Gasteiger partial charge is 0.317 e. The number of amides is 1. The van der Waals surface area contributed by atoms with E-state index in [1.165, 1.54) is 0 Å². The average molecular weight is 434 g/mol. The van der Waals surface area contributed by atoms with E-state index in [-0.39, 0.29) is 30.9 Å². The van der Waals surface area contributed by atoms with Crippen molar-refractivity contribution >= 4 is 35.9 Å². The molecule has 0 aliphatic carbocycles. The molecule has 1 aromatic rings. The Morgan fingerprint density at radius 3 is 2.50 bits per heavy atom. The van der Waals surface area contributed by atoms with Crippen LogP contribution in [0.15, 0.2) is 24.3 Å². The van der Waals surface area contributed by atoms with Crippen LogP contribution in [0.25, 0.3) is 0 Å². The van der Waals surface area contributed by atoms with Crippen molar-refractivity contribution in [2.45, 2.75) is 25.8 Å². The Morgan fingerprint density at radius 1 is 1.29 bits per heavy atom. The van der Waals surface area contributed by atoms with E-state index >= 15 is 0 Å². The first kappa shape index (κ1) is 24.5. The summed E-state index contributed by atoms with van der Waals surface area (Å²) >= 11 is 5.82. The zero-order valence-corrected chi connectivity index (χ0v) is 17.7. The fourth-order valence-electron chi connectivity index (χ4n) is 3.26. The molecule has 0 unspecified atom stereocenters. The summed E-state index contributed by atoms with van der Waals surface area (Å²) in [4.78, 5) is 27.1. The average Bonchev–Trinajstić information content (AvgIpc) is 2.65. The van der Waals surface area contributed by atoms with E-state index in [1.807, 2.05) is 11.8 Å². The van der Waals surface area contributed by atoms with Gasteiger partial charge < -0.3 is 15.2 Å². The number of ether oxygens (including phenoxy) is 1. The van der Waals surface area contributed by atoms with E-state index in [0.717, 1.165) is 38.2 Å². The molecule has 158 valence electrons. The minimum Gasteiger partial charge on any atom is -0.492 e. The van der Waals surface area contributed by atoms with Crippen LogP contribution in [0.5, 0.6) is 5.75 Å². The zero-order chi connectivity index (χ0) is 19.6. The number of carboxylic acid groups (broad SMARTS) is 1. The van der Waals surface area contributed by atoms with Gasteiger partial charge in [0.1, 0.15) is 12.4 Å². The molecule has 1 fully saturated rings. The summed E-state index contributed by atoms with van der Waals surface area (Å²) in [6, 6.07) is 7.37. The highest BCUT2D eigenvalue weighted by Crippen LogP contribution is 2.16. The van der Waals surface area contributed by atoms with Gasteiger partial charge in [0.2, 0.25) is 5.91 Å². The first-order valence-electron chi connectivity index (χ1n) is 9.31. The van der Waals surface area contributed by atoms with Crippen molar-refractivity contribution in [3.05, 3.63) is 29.3 Å². The van der Waals surface area contributed by atoms with Crippen molar-refractivity contribution in [1.82, 2.24) is 15.1 Å². The van der Waals surface area contributed by atoms with Gasteiger partial charge in [0.05, 0.1) is 19.6 Å². The predicted octanol–water partition coefficient (Wildman–Crippen LogP) is 2.13. The zero-order valence-electron chi connectivity index (χ0n) is 16.1. The number of aliphatic carboxylic acids is 1. The summed E-state index contributed by atoms with van der Waals surface area (Å²) in [6.07, 6.45) is 1.77. The van der Waals surface area contributed by atoms with E-state index in [0.29, 0.717) is 24.7 Å². The van der Waals surface area contributed by atoms with Crippen LogP contribution in [-0.2, 0) is 9.59 Å². The number of carboxylic acids is 1. The van der Waals surface area contributed by atoms with Crippen LogP contribution in [0.1, 0.15) is 19.8 Å². The molecule has 1 amide bonds. The van der Waals surface area contributed by atoms with Gasteiger partial charge in [0.25, 0.3) is 0 Å². The maximum atomic E-state index is 12.1. The largest absolute Gasteiger partial charge is 0.492 e. The lowest BCUT2D eigenvalue weighted by Gasteiger charge is -2.37. The summed E-state index contributed by atoms with van der Waals surface area (Å²) in [5.41, 5.74) is 0. The number of halogens is 2. The van der Waals surface area contributed by atoms with Crippen LogP contribution in [0, 0.1) is 0 Å². The van der Waals surface area contributed by atoms with Gasteiger partial charge in [-0.15, -0.1) is 12.4 Å². The van der Waals surface area contributed by atoms with E-state index in [4.69, 9.17) is 21.4 Å². The van der Waals surface area contributed by atoms with Crippen molar-refractivity contribution in [3.8, 4) is 5.75 Å². The molecule has 0 radical (unpaired) electrons. The number of hydrogen-bond donors (Lipinski definition) is 2. The Balaban J connectivity index is 0.00000392. The molecule has 0 atom stereocenters. The van der Waals surface area contributed by atoms with Crippen molar-refractivity contribution in [2.75, 3.05) is 45.9 Å². The molecule has 28 heavy (non-hydrogen) atoms. The molecule has 0 saturated carbocycles. The van der Waals surface area contributed by atoms with Gasteiger partial charge in [-0.05, 0) is 43.7 Å². The molecule has 0 bridgehead atoms. The topological polar surface area (TPSA) is 82.1 Å². The van der Waals surface area contributed by atoms with E-state index in [2.05, 4.69) is 10.2 Å². The summed E-state index contributed by atoms with van der Waals surface area (Å²) in [5, 5.41) is 12.5. The molecule has 9 heteroatoms. The molecule has 2 N–H and O–H groups in total. The lowest BCUT2D eigenvalue weighted by Crippen LogP contribution is -2.48. The second-order valence-electron chi connectivity index (χ2n) is 6.62. The first-order chi connectivity index (χ1) is 13.0. The third-order valence-corrected chi connectivity index (χ3v) is 4.94. The van der Waals surface area contributed by atoms with Gasteiger partial charge in [0, 0.05) is 24.2 Å². The molecular formula is C19H29Cl2N3O4. The number of benzene rings is 1. The molecule has 1 saturated heterocycles. The number of nitrogens with one attached hydrogen (secondary N) is 1. The van der Waals surface area contributed by atoms with E-state index in [9.17, 15) is 9.59 Å². The lowest BCUT2D eigenvalue weighted by molar-refractivity contribution is -0.139. The number of piperidine rings is 1. The van der Waals surface area contributed by atoms with Gasteiger partial charge >= 0.3 is 5.97 Å². The first-order valence-corrected chi connectivity index (χ1v) is 9.69. The predicted molar refractivity (Wildman–Crippen MR) is 112 cm³/mol. The van der Waals surface area contributed by atoms with Crippen molar-refractivity contribution in [3.63, 3.8) is 0 Å². The highest BCUT2D eigenvalue weighted by molar-refractivity contribution is 6.30. The van der Waals surface area contributed by atoms with Crippen LogP contribution in [0.4, 0.5) is 0 Å². The number of carbonyl (C=O) groups excluding carboxylic acids is 1. The number of likely N-dealkylation sites (tertiary alicyclic amines) is 1. The minimum absolute atomic E-state index is 0. The van der Waals surface area contributed by atoms with Gasteiger partial charge in [0.15, 0.2) is 0 Å². The Kier molecular flexibility index (Phi) is 11.2. The third kappa shape index (κ3) is 8.65. The molecule has 2 rings (SSSR count). The monoisotopic (exact) mass is 433 g/mol. The van der Waals surface area contributed by atoms with Crippen LogP contribution >= 0.6 is 24.0 Å². The second-order valence-corrected chi connectivity index (χ2v) is 7.05. The SMILES string of the molecule is CCN(CC(=O)O)C1CCN(CC(=O)NCCOc2ccc(Cl)cc2)CC1.Cl. The van der Waals surface area contributed by atoms with E-state index in [1.54, 1.807) is 24.3 Å². The number of nitrogens with zero attached hydrogens (tertiary/aromatic N) is 2. The van der Waals surface area contributed by atoms with Crippen molar-refractivity contribution in [1.29, 1.82) is 0 Å². The normalized spacial score (nSPS) is 15.1. The Labute approximate surface area is 177 Å². The molecule has 0 aromatic heterocycles. The van der Waals surface area contributed by atoms with E-state index < -0.39 is 5.97 Å². The fourth-order valence-corrected chi connectivity index (χ4v) is 3.39. The third-order valence-electron chi connectivity index (χ3n) is 4.69. The number of hydrogen-bond acceptors (Lipinski definition) is 5.